The molecule has 5 heteroatoms. The molecule has 1 aliphatic rings. The predicted octanol–water partition coefficient (Wildman–Crippen LogP) is 3.64. The van der Waals surface area contributed by atoms with Crippen molar-refractivity contribution in [1.82, 2.24) is 9.47 Å². The SMILES string of the molecule is N#Cc1ccccc1Oc1ccc2c(ccn2CCN2CCOCC2)c1. The fourth-order valence-electron chi connectivity index (χ4n) is 3.29. The third-order valence-corrected chi connectivity index (χ3v) is 4.74. The van der Waals surface area contributed by atoms with Gasteiger partial charge in [0.05, 0.1) is 18.8 Å². The monoisotopic (exact) mass is 347 g/mol. The van der Waals surface area contributed by atoms with Gasteiger partial charge in [-0.15, -0.1) is 0 Å². The highest BCUT2D eigenvalue weighted by Gasteiger charge is 2.11. The maximum atomic E-state index is 9.19. The number of nitriles is 1. The molecule has 0 N–H and O–H groups in total. The molecule has 132 valence electrons. The molecule has 4 rings (SSSR count). The summed E-state index contributed by atoms with van der Waals surface area (Å²) in [5, 5.41) is 10.3. The van der Waals surface area contributed by atoms with Crippen LogP contribution in [-0.4, -0.2) is 42.3 Å². The minimum Gasteiger partial charge on any atom is -0.456 e. The van der Waals surface area contributed by atoms with Crippen LogP contribution in [0.15, 0.2) is 54.7 Å². The highest BCUT2D eigenvalue weighted by atomic mass is 16.5. The van der Waals surface area contributed by atoms with Crippen molar-refractivity contribution in [2.24, 2.45) is 0 Å². The molecule has 26 heavy (non-hydrogen) atoms. The standard InChI is InChI=1S/C21H21N3O2/c22-16-18-3-1-2-4-21(18)26-19-5-6-20-17(15-19)7-8-24(20)10-9-23-11-13-25-14-12-23/h1-8,15H,9-14H2. The molecule has 0 unspecified atom stereocenters. The average molecular weight is 347 g/mol. The van der Waals surface area contributed by atoms with E-state index in [0.29, 0.717) is 11.3 Å². The van der Waals surface area contributed by atoms with E-state index in [0.717, 1.165) is 50.5 Å². The van der Waals surface area contributed by atoms with Crippen LogP contribution in [0.5, 0.6) is 11.5 Å². The molecule has 0 atom stereocenters. The van der Waals surface area contributed by atoms with Crippen LogP contribution < -0.4 is 4.74 Å². The van der Waals surface area contributed by atoms with Crippen molar-refractivity contribution < 1.29 is 9.47 Å². The quantitative estimate of drug-likeness (QED) is 0.707. The molecule has 0 bridgehead atoms. The first-order chi connectivity index (χ1) is 12.8. The zero-order chi connectivity index (χ0) is 17.8. The van der Waals surface area contributed by atoms with Crippen molar-refractivity contribution in [2.45, 2.75) is 6.54 Å². The number of hydrogen-bond acceptors (Lipinski definition) is 4. The van der Waals surface area contributed by atoms with E-state index in [4.69, 9.17) is 9.47 Å². The van der Waals surface area contributed by atoms with E-state index in [1.165, 1.54) is 5.52 Å². The van der Waals surface area contributed by atoms with Gasteiger partial charge in [0, 0.05) is 43.3 Å². The topological polar surface area (TPSA) is 50.4 Å². The Morgan fingerprint density at radius 1 is 1.04 bits per heavy atom. The van der Waals surface area contributed by atoms with E-state index in [-0.39, 0.29) is 0 Å². The van der Waals surface area contributed by atoms with Crippen molar-refractivity contribution in [3.8, 4) is 17.6 Å². The molecule has 2 aromatic carbocycles. The molecule has 1 fully saturated rings. The first kappa shape index (κ1) is 16.6. The largest absolute Gasteiger partial charge is 0.456 e. The lowest BCUT2D eigenvalue weighted by Crippen LogP contribution is -2.38. The lowest BCUT2D eigenvalue weighted by Gasteiger charge is -2.26. The summed E-state index contributed by atoms with van der Waals surface area (Å²) in [4.78, 5) is 2.44. The zero-order valence-corrected chi connectivity index (χ0v) is 14.6. The Balaban J connectivity index is 1.49. The van der Waals surface area contributed by atoms with Gasteiger partial charge in [-0.05, 0) is 36.4 Å². The molecule has 2 heterocycles. The number of hydrogen-bond donors (Lipinski definition) is 0. The molecule has 0 amide bonds. The molecule has 0 aliphatic carbocycles. The number of ether oxygens (including phenoxy) is 2. The van der Waals surface area contributed by atoms with Gasteiger partial charge in [-0.2, -0.15) is 5.26 Å². The maximum Gasteiger partial charge on any atom is 0.145 e. The summed E-state index contributed by atoms with van der Waals surface area (Å²) < 4.78 is 13.6. The molecule has 0 spiro atoms. The number of aromatic nitrogens is 1. The van der Waals surface area contributed by atoms with Crippen molar-refractivity contribution in [3.05, 3.63) is 60.3 Å². The Morgan fingerprint density at radius 3 is 2.73 bits per heavy atom. The Labute approximate surface area is 153 Å². The van der Waals surface area contributed by atoms with Crippen LogP contribution in [0.25, 0.3) is 10.9 Å². The van der Waals surface area contributed by atoms with E-state index < -0.39 is 0 Å². The van der Waals surface area contributed by atoms with Gasteiger partial charge >= 0.3 is 0 Å². The van der Waals surface area contributed by atoms with Gasteiger partial charge in [-0.25, -0.2) is 0 Å². The number of nitrogens with zero attached hydrogens (tertiary/aromatic N) is 3. The normalized spacial score (nSPS) is 15.0. The van der Waals surface area contributed by atoms with Gasteiger partial charge in [0.2, 0.25) is 0 Å². The van der Waals surface area contributed by atoms with Crippen molar-refractivity contribution in [1.29, 1.82) is 5.26 Å². The molecule has 0 radical (unpaired) electrons. The molecular weight excluding hydrogens is 326 g/mol. The second-order valence-electron chi connectivity index (χ2n) is 6.39. The second kappa shape index (κ2) is 7.61. The van der Waals surface area contributed by atoms with Crippen molar-refractivity contribution >= 4 is 10.9 Å². The molecular formula is C21H21N3O2. The molecule has 3 aromatic rings. The van der Waals surface area contributed by atoms with Crippen LogP contribution >= 0.6 is 0 Å². The lowest BCUT2D eigenvalue weighted by molar-refractivity contribution is 0.0365. The Hall–Kier alpha value is -2.81. The first-order valence-electron chi connectivity index (χ1n) is 8.89. The number of para-hydroxylation sites is 1. The minimum absolute atomic E-state index is 0.538. The average Bonchev–Trinajstić information content (AvgIpc) is 3.10. The molecule has 1 aliphatic heterocycles. The highest BCUT2D eigenvalue weighted by molar-refractivity contribution is 5.81. The fraction of sp³-hybridized carbons (Fsp3) is 0.286. The summed E-state index contributed by atoms with van der Waals surface area (Å²) in [5.41, 5.74) is 1.73. The van der Waals surface area contributed by atoms with Crippen LogP contribution in [0.2, 0.25) is 0 Å². The van der Waals surface area contributed by atoms with Gasteiger partial charge in [0.25, 0.3) is 0 Å². The third kappa shape index (κ3) is 3.57. The summed E-state index contributed by atoms with van der Waals surface area (Å²) >= 11 is 0. The maximum absolute atomic E-state index is 9.19. The van der Waals surface area contributed by atoms with Crippen LogP contribution in [-0.2, 0) is 11.3 Å². The number of rotatable bonds is 5. The van der Waals surface area contributed by atoms with Crippen molar-refractivity contribution in [2.75, 3.05) is 32.8 Å². The number of fused-ring (bicyclic) bond motifs is 1. The van der Waals surface area contributed by atoms with E-state index in [1.807, 2.05) is 30.3 Å². The second-order valence-corrected chi connectivity index (χ2v) is 6.39. The predicted molar refractivity (Wildman–Crippen MR) is 100 cm³/mol. The van der Waals surface area contributed by atoms with Crippen molar-refractivity contribution in [3.63, 3.8) is 0 Å². The van der Waals surface area contributed by atoms with Gasteiger partial charge in [-0.3, -0.25) is 4.90 Å². The van der Waals surface area contributed by atoms with E-state index in [9.17, 15) is 5.26 Å². The van der Waals surface area contributed by atoms with Gasteiger partial charge < -0.3 is 14.0 Å². The fourth-order valence-corrected chi connectivity index (χ4v) is 3.29. The number of morpholine rings is 1. The summed E-state index contributed by atoms with van der Waals surface area (Å²) in [7, 11) is 0. The minimum atomic E-state index is 0.538. The third-order valence-electron chi connectivity index (χ3n) is 4.74. The first-order valence-corrected chi connectivity index (χ1v) is 8.89. The van der Waals surface area contributed by atoms with Gasteiger partial charge in [0.1, 0.15) is 17.6 Å². The molecule has 0 saturated carbocycles. The Kier molecular flexibility index (Phi) is 4.87. The Morgan fingerprint density at radius 2 is 1.88 bits per heavy atom. The lowest BCUT2D eigenvalue weighted by atomic mass is 10.2. The molecule has 5 nitrogen and oxygen atoms in total. The van der Waals surface area contributed by atoms with Crippen LogP contribution in [0, 0.1) is 11.3 Å². The van der Waals surface area contributed by atoms with Crippen LogP contribution in [0.1, 0.15) is 5.56 Å². The van der Waals surface area contributed by atoms with Crippen LogP contribution in [0.4, 0.5) is 0 Å². The van der Waals surface area contributed by atoms with Gasteiger partial charge in [0.15, 0.2) is 0 Å². The molecule has 1 aromatic heterocycles. The van der Waals surface area contributed by atoms with E-state index in [2.05, 4.69) is 33.9 Å². The summed E-state index contributed by atoms with van der Waals surface area (Å²) in [6, 6.07) is 17.6. The smallest absolute Gasteiger partial charge is 0.145 e. The summed E-state index contributed by atoms with van der Waals surface area (Å²) in [5.74, 6) is 1.33. The summed E-state index contributed by atoms with van der Waals surface area (Å²) in [6.45, 7) is 5.67. The zero-order valence-electron chi connectivity index (χ0n) is 14.6. The summed E-state index contributed by atoms with van der Waals surface area (Å²) in [6.07, 6.45) is 2.12. The molecule has 1 saturated heterocycles. The highest BCUT2D eigenvalue weighted by Crippen LogP contribution is 2.28. The van der Waals surface area contributed by atoms with E-state index in [1.54, 1.807) is 6.07 Å². The van der Waals surface area contributed by atoms with E-state index >= 15 is 0 Å². The Bertz CT molecular complexity index is 936. The van der Waals surface area contributed by atoms with Gasteiger partial charge in [-0.1, -0.05) is 12.1 Å². The number of benzene rings is 2. The van der Waals surface area contributed by atoms with Crippen LogP contribution in [0.3, 0.4) is 0 Å².